The Hall–Kier alpha value is -1.33. The highest BCUT2D eigenvalue weighted by Crippen LogP contribution is 2.28. The molecule has 2 nitrogen and oxygen atoms in total. The van der Waals surface area contributed by atoms with Gasteiger partial charge in [-0.05, 0) is 25.3 Å². The molecule has 1 aliphatic rings. The molecule has 2 unspecified atom stereocenters. The molecule has 1 heterocycles. The second-order valence-corrected chi connectivity index (χ2v) is 4.17. The molecule has 0 aliphatic carbocycles. The summed E-state index contributed by atoms with van der Waals surface area (Å²) in [6, 6.07) is 13.0. The third-order valence-electron chi connectivity index (χ3n) is 3.17. The van der Waals surface area contributed by atoms with Crippen LogP contribution in [0.25, 0.3) is 0 Å². The summed E-state index contributed by atoms with van der Waals surface area (Å²) >= 11 is 0. The van der Waals surface area contributed by atoms with Gasteiger partial charge in [-0.25, -0.2) is 0 Å². The van der Waals surface area contributed by atoms with Crippen LogP contribution in [-0.2, 0) is 0 Å². The third-order valence-corrected chi connectivity index (χ3v) is 3.17. The number of benzene rings is 1. The zero-order valence-electron chi connectivity index (χ0n) is 9.06. The van der Waals surface area contributed by atoms with Crippen molar-refractivity contribution in [2.24, 2.45) is 0 Å². The molecule has 0 bridgehead atoms. The number of rotatable bonds is 2. The largest absolute Gasteiger partial charge is 0.282 e. The summed E-state index contributed by atoms with van der Waals surface area (Å²) in [5.74, 6) is 0. The highest BCUT2D eigenvalue weighted by atomic mass is 15.2. The molecular weight excluding hydrogens is 184 g/mol. The van der Waals surface area contributed by atoms with Crippen molar-refractivity contribution in [2.45, 2.75) is 31.8 Å². The van der Waals surface area contributed by atoms with Crippen LogP contribution in [0.15, 0.2) is 30.3 Å². The van der Waals surface area contributed by atoms with Crippen molar-refractivity contribution < 1.29 is 0 Å². The van der Waals surface area contributed by atoms with Gasteiger partial charge in [-0.1, -0.05) is 30.3 Å². The molecule has 1 fully saturated rings. The molecule has 2 heteroatoms. The highest BCUT2D eigenvalue weighted by molar-refractivity contribution is 5.24. The molecule has 0 N–H and O–H groups in total. The molecule has 1 aliphatic heterocycles. The van der Waals surface area contributed by atoms with E-state index in [4.69, 9.17) is 0 Å². The number of nitriles is 1. The van der Waals surface area contributed by atoms with Crippen LogP contribution in [0.5, 0.6) is 0 Å². The molecule has 15 heavy (non-hydrogen) atoms. The summed E-state index contributed by atoms with van der Waals surface area (Å²) < 4.78 is 0. The Balaban J connectivity index is 2.22. The van der Waals surface area contributed by atoms with E-state index in [1.54, 1.807) is 0 Å². The Kier molecular flexibility index (Phi) is 3.03. The van der Waals surface area contributed by atoms with E-state index in [0.717, 1.165) is 12.1 Å². The van der Waals surface area contributed by atoms with Gasteiger partial charge in [-0.15, -0.1) is 0 Å². The van der Waals surface area contributed by atoms with E-state index in [1.165, 1.54) is 12.8 Å². The van der Waals surface area contributed by atoms with Crippen LogP contribution in [0.4, 0.5) is 0 Å². The van der Waals surface area contributed by atoms with Gasteiger partial charge in [0.05, 0.1) is 6.07 Å². The third kappa shape index (κ3) is 2.03. The number of nitrogens with zero attached hydrogens (tertiary/aromatic N) is 2. The Morgan fingerprint density at radius 3 is 2.67 bits per heavy atom. The first-order valence-electron chi connectivity index (χ1n) is 5.53. The lowest BCUT2D eigenvalue weighted by Gasteiger charge is -2.26. The fourth-order valence-corrected chi connectivity index (χ4v) is 2.31. The Morgan fingerprint density at radius 2 is 2.13 bits per heavy atom. The number of hydrogen-bond acceptors (Lipinski definition) is 2. The van der Waals surface area contributed by atoms with Gasteiger partial charge in [0, 0.05) is 12.6 Å². The molecular formula is C13H16N2. The van der Waals surface area contributed by atoms with Crippen molar-refractivity contribution in [3.05, 3.63) is 35.9 Å². The second-order valence-electron chi connectivity index (χ2n) is 4.17. The first-order valence-corrected chi connectivity index (χ1v) is 5.53. The zero-order valence-corrected chi connectivity index (χ0v) is 9.06. The lowest BCUT2D eigenvalue weighted by Crippen LogP contribution is -2.30. The molecule has 2 atom stereocenters. The monoisotopic (exact) mass is 200 g/mol. The summed E-state index contributed by atoms with van der Waals surface area (Å²) in [6.45, 7) is 3.26. The van der Waals surface area contributed by atoms with Gasteiger partial charge in [0.25, 0.3) is 0 Å². The molecule has 78 valence electrons. The minimum Gasteiger partial charge on any atom is -0.282 e. The van der Waals surface area contributed by atoms with Crippen LogP contribution in [0.1, 0.15) is 31.4 Å². The minimum absolute atomic E-state index is 0.0660. The molecule has 2 rings (SSSR count). The van der Waals surface area contributed by atoms with Crippen molar-refractivity contribution in [3.63, 3.8) is 0 Å². The van der Waals surface area contributed by atoms with E-state index in [2.05, 4.69) is 17.9 Å². The fourth-order valence-electron chi connectivity index (χ4n) is 2.31. The van der Waals surface area contributed by atoms with Gasteiger partial charge >= 0.3 is 0 Å². The van der Waals surface area contributed by atoms with Crippen LogP contribution in [-0.4, -0.2) is 17.5 Å². The summed E-state index contributed by atoms with van der Waals surface area (Å²) in [7, 11) is 0. The minimum atomic E-state index is -0.0660. The van der Waals surface area contributed by atoms with E-state index in [1.807, 2.05) is 30.3 Å². The van der Waals surface area contributed by atoms with Crippen molar-refractivity contribution in [2.75, 3.05) is 6.54 Å². The van der Waals surface area contributed by atoms with Crippen molar-refractivity contribution in [1.29, 1.82) is 5.26 Å². The van der Waals surface area contributed by atoms with Crippen LogP contribution in [0, 0.1) is 11.3 Å². The molecule has 0 radical (unpaired) electrons. The van der Waals surface area contributed by atoms with Crippen LogP contribution in [0.3, 0.4) is 0 Å². The van der Waals surface area contributed by atoms with Gasteiger partial charge in [0.1, 0.15) is 6.04 Å². The maximum Gasteiger partial charge on any atom is 0.124 e. The van der Waals surface area contributed by atoms with Crippen molar-refractivity contribution >= 4 is 0 Å². The predicted octanol–water partition coefficient (Wildman–Crippen LogP) is 2.74. The smallest absolute Gasteiger partial charge is 0.124 e. The van der Waals surface area contributed by atoms with Gasteiger partial charge < -0.3 is 0 Å². The average molecular weight is 200 g/mol. The van der Waals surface area contributed by atoms with E-state index in [-0.39, 0.29) is 6.04 Å². The molecule has 0 saturated carbocycles. The molecule has 1 aromatic rings. The van der Waals surface area contributed by atoms with Gasteiger partial charge in [-0.2, -0.15) is 5.26 Å². The van der Waals surface area contributed by atoms with E-state index in [0.29, 0.717) is 6.04 Å². The van der Waals surface area contributed by atoms with E-state index >= 15 is 0 Å². The highest BCUT2D eigenvalue weighted by Gasteiger charge is 2.28. The number of likely N-dealkylation sites (tertiary alicyclic amines) is 1. The second kappa shape index (κ2) is 4.46. The van der Waals surface area contributed by atoms with Crippen LogP contribution >= 0.6 is 0 Å². The molecule has 0 amide bonds. The first-order chi connectivity index (χ1) is 7.33. The van der Waals surface area contributed by atoms with Crippen LogP contribution < -0.4 is 0 Å². The summed E-state index contributed by atoms with van der Waals surface area (Å²) in [5, 5.41) is 9.27. The predicted molar refractivity (Wildman–Crippen MR) is 60.2 cm³/mol. The maximum atomic E-state index is 9.27. The maximum absolute atomic E-state index is 9.27. The Labute approximate surface area is 91.1 Å². The molecule has 0 aromatic heterocycles. The van der Waals surface area contributed by atoms with E-state index < -0.39 is 0 Å². The SMILES string of the molecule is CC1CCCN1C(C#N)c1ccccc1. The summed E-state index contributed by atoms with van der Waals surface area (Å²) in [6.07, 6.45) is 2.43. The Morgan fingerprint density at radius 1 is 1.40 bits per heavy atom. The lowest BCUT2D eigenvalue weighted by atomic mass is 10.1. The summed E-state index contributed by atoms with van der Waals surface area (Å²) in [4.78, 5) is 2.30. The molecule has 1 saturated heterocycles. The van der Waals surface area contributed by atoms with Gasteiger partial charge in [0.15, 0.2) is 0 Å². The zero-order chi connectivity index (χ0) is 10.7. The van der Waals surface area contributed by atoms with Crippen molar-refractivity contribution in [1.82, 2.24) is 4.90 Å². The van der Waals surface area contributed by atoms with Gasteiger partial charge in [0.2, 0.25) is 0 Å². The van der Waals surface area contributed by atoms with Gasteiger partial charge in [-0.3, -0.25) is 4.90 Å². The standard InChI is InChI=1S/C13H16N2/c1-11-6-5-9-15(11)13(10-14)12-7-3-2-4-8-12/h2-4,7-8,11,13H,5-6,9H2,1H3. The fraction of sp³-hybridized carbons (Fsp3) is 0.462. The van der Waals surface area contributed by atoms with E-state index in [9.17, 15) is 5.26 Å². The first kappa shape index (κ1) is 10.2. The van der Waals surface area contributed by atoms with Crippen LogP contribution in [0.2, 0.25) is 0 Å². The Bertz CT molecular complexity index is 353. The topological polar surface area (TPSA) is 27.0 Å². The molecule has 0 spiro atoms. The average Bonchev–Trinajstić information content (AvgIpc) is 2.68. The lowest BCUT2D eigenvalue weighted by molar-refractivity contribution is 0.230. The number of hydrogen-bond donors (Lipinski definition) is 0. The normalized spacial score (nSPS) is 23.6. The quantitative estimate of drug-likeness (QED) is 0.734. The summed E-state index contributed by atoms with van der Waals surface area (Å²) in [5.41, 5.74) is 1.12. The van der Waals surface area contributed by atoms with Crippen molar-refractivity contribution in [3.8, 4) is 6.07 Å². The molecule has 1 aromatic carbocycles.